The summed E-state index contributed by atoms with van der Waals surface area (Å²) in [5.41, 5.74) is 0.818. The van der Waals surface area contributed by atoms with Crippen LogP contribution in [-0.2, 0) is 0 Å². The maximum absolute atomic E-state index is 13.2. The maximum atomic E-state index is 13.2. The lowest BCUT2D eigenvalue weighted by Gasteiger charge is -2.14. The van der Waals surface area contributed by atoms with Gasteiger partial charge in [0.1, 0.15) is 5.84 Å². The summed E-state index contributed by atoms with van der Waals surface area (Å²) in [6, 6.07) is 4.73. The molecule has 0 spiro atoms. The van der Waals surface area contributed by atoms with Crippen LogP contribution in [0.4, 0.5) is 10.1 Å². The van der Waals surface area contributed by atoms with E-state index < -0.39 is 0 Å². The van der Waals surface area contributed by atoms with Crippen LogP contribution in [-0.4, -0.2) is 19.5 Å². The maximum Gasteiger partial charge on any atom is 0.165 e. The van der Waals surface area contributed by atoms with Crippen molar-refractivity contribution in [3.63, 3.8) is 0 Å². The van der Waals surface area contributed by atoms with Crippen LogP contribution in [0, 0.1) is 5.82 Å². The topological polar surface area (TPSA) is 33.6 Å². The zero-order chi connectivity index (χ0) is 11.4. The van der Waals surface area contributed by atoms with Gasteiger partial charge < -0.3 is 10.1 Å². The number of amidine groups is 1. The third kappa shape index (κ3) is 2.51. The number of rotatable bonds is 2. The molecule has 0 saturated carbocycles. The molecule has 0 atom stereocenters. The van der Waals surface area contributed by atoms with E-state index in [0.717, 1.165) is 37.3 Å². The van der Waals surface area contributed by atoms with Crippen LogP contribution in [0.2, 0.25) is 0 Å². The van der Waals surface area contributed by atoms with E-state index in [0.29, 0.717) is 0 Å². The van der Waals surface area contributed by atoms with E-state index in [9.17, 15) is 4.39 Å². The standard InChI is InChI=1S/C12H15FN2O/c1-16-11-8-9(5-6-10(11)13)15-12-4-2-3-7-14-12/h5-6,8H,2-4,7H2,1H3,(H,14,15). The summed E-state index contributed by atoms with van der Waals surface area (Å²) < 4.78 is 18.1. The fourth-order valence-corrected chi connectivity index (χ4v) is 1.70. The Kier molecular flexibility index (Phi) is 3.39. The number of nitrogens with zero attached hydrogens (tertiary/aromatic N) is 1. The molecule has 1 heterocycles. The van der Waals surface area contributed by atoms with Crippen molar-refractivity contribution < 1.29 is 9.13 Å². The van der Waals surface area contributed by atoms with Gasteiger partial charge in [0.05, 0.1) is 7.11 Å². The van der Waals surface area contributed by atoms with E-state index in [1.54, 1.807) is 12.1 Å². The number of methoxy groups -OCH3 is 1. The van der Waals surface area contributed by atoms with Gasteiger partial charge in [0.15, 0.2) is 11.6 Å². The van der Waals surface area contributed by atoms with Crippen molar-refractivity contribution in [1.29, 1.82) is 0 Å². The highest BCUT2D eigenvalue weighted by Gasteiger charge is 2.07. The van der Waals surface area contributed by atoms with Gasteiger partial charge in [-0.3, -0.25) is 4.99 Å². The first-order valence-corrected chi connectivity index (χ1v) is 5.43. The van der Waals surface area contributed by atoms with Crippen LogP contribution < -0.4 is 10.1 Å². The van der Waals surface area contributed by atoms with Crippen molar-refractivity contribution in [1.82, 2.24) is 0 Å². The van der Waals surface area contributed by atoms with Gasteiger partial charge >= 0.3 is 0 Å². The molecule has 1 aromatic rings. The summed E-state index contributed by atoms with van der Waals surface area (Å²) in [5, 5.41) is 3.19. The van der Waals surface area contributed by atoms with E-state index in [1.165, 1.54) is 13.2 Å². The number of nitrogens with one attached hydrogen (secondary N) is 1. The van der Waals surface area contributed by atoms with Gasteiger partial charge in [0.25, 0.3) is 0 Å². The molecule has 1 aromatic carbocycles. The second-order valence-corrected chi connectivity index (χ2v) is 3.76. The number of hydrogen-bond donors (Lipinski definition) is 1. The zero-order valence-corrected chi connectivity index (χ0v) is 9.29. The number of benzene rings is 1. The average molecular weight is 222 g/mol. The summed E-state index contributed by atoms with van der Waals surface area (Å²) in [6.45, 7) is 0.876. The summed E-state index contributed by atoms with van der Waals surface area (Å²) in [5.74, 6) is 0.875. The lowest BCUT2D eigenvalue weighted by Crippen LogP contribution is -2.16. The fourth-order valence-electron chi connectivity index (χ4n) is 1.70. The van der Waals surface area contributed by atoms with Gasteiger partial charge in [0, 0.05) is 24.7 Å². The average Bonchev–Trinajstić information content (AvgIpc) is 2.33. The quantitative estimate of drug-likeness (QED) is 0.834. The molecular formula is C12H15FN2O. The predicted octanol–water partition coefficient (Wildman–Crippen LogP) is 2.83. The Morgan fingerprint density at radius 2 is 2.25 bits per heavy atom. The second kappa shape index (κ2) is 4.96. The molecule has 3 nitrogen and oxygen atoms in total. The van der Waals surface area contributed by atoms with Crippen LogP contribution >= 0.6 is 0 Å². The number of halogens is 1. The number of ether oxygens (including phenoxy) is 1. The molecule has 0 amide bonds. The van der Waals surface area contributed by atoms with Crippen molar-refractivity contribution in [2.24, 2.45) is 4.99 Å². The summed E-state index contributed by atoms with van der Waals surface area (Å²) in [6.07, 6.45) is 3.27. The Morgan fingerprint density at radius 1 is 1.38 bits per heavy atom. The van der Waals surface area contributed by atoms with Gasteiger partial charge in [-0.25, -0.2) is 4.39 Å². The van der Waals surface area contributed by atoms with Crippen LogP contribution in [0.25, 0.3) is 0 Å². The SMILES string of the molecule is COc1cc(NC2=NCCCC2)ccc1F. The van der Waals surface area contributed by atoms with E-state index in [2.05, 4.69) is 10.3 Å². The molecule has 4 heteroatoms. The van der Waals surface area contributed by atoms with Crippen molar-refractivity contribution in [2.75, 3.05) is 19.0 Å². The van der Waals surface area contributed by atoms with Crippen LogP contribution in [0.1, 0.15) is 19.3 Å². The lowest BCUT2D eigenvalue weighted by molar-refractivity contribution is 0.387. The molecule has 1 aliphatic heterocycles. The summed E-state index contributed by atoms with van der Waals surface area (Å²) in [4.78, 5) is 4.37. The van der Waals surface area contributed by atoms with Gasteiger partial charge in [-0.1, -0.05) is 0 Å². The first-order valence-electron chi connectivity index (χ1n) is 5.43. The Bertz CT molecular complexity index is 404. The van der Waals surface area contributed by atoms with Crippen molar-refractivity contribution in [3.05, 3.63) is 24.0 Å². The van der Waals surface area contributed by atoms with E-state index in [-0.39, 0.29) is 11.6 Å². The molecule has 2 rings (SSSR count). The molecule has 0 fully saturated rings. The minimum atomic E-state index is -0.348. The number of hydrogen-bond acceptors (Lipinski definition) is 3. The van der Waals surface area contributed by atoms with Gasteiger partial charge in [0.2, 0.25) is 0 Å². The Morgan fingerprint density at radius 3 is 2.94 bits per heavy atom. The first-order chi connectivity index (χ1) is 7.79. The minimum absolute atomic E-state index is 0.251. The first kappa shape index (κ1) is 10.9. The van der Waals surface area contributed by atoms with Crippen molar-refractivity contribution >= 4 is 11.5 Å². The number of anilines is 1. The van der Waals surface area contributed by atoms with Crippen LogP contribution in [0.5, 0.6) is 5.75 Å². The Balaban J connectivity index is 2.12. The Hall–Kier alpha value is -1.58. The molecule has 86 valence electrons. The summed E-state index contributed by atoms with van der Waals surface area (Å²) in [7, 11) is 1.46. The molecule has 0 unspecified atom stereocenters. The third-order valence-electron chi connectivity index (χ3n) is 2.56. The van der Waals surface area contributed by atoms with Gasteiger partial charge in [-0.2, -0.15) is 0 Å². The lowest BCUT2D eigenvalue weighted by atomic mass is 10.2. The normalized spacial score (nSPS) is 15.5. The minimum Gasteiger partial charge on any atom is -0.494 e. The molecular weight excluding hydrogens is 207 g/mol. The third-order valence-corrected chi connectivity index (χ3v) is 2.56. The molecule has 0 bridgehead atoms. The van der Waals surface area contributed by atoms with Crippen molar-refractivity contribution in [2.45, 2.75) is 19.3 Å². The molecule has 16 heavy (non-hydrogen) atoms. The molecule has 0 aliphatic carbocycles. The van der Waals surface area contributed by atoms with Crippen LogP contribution in [0.3, 0.4) is 0 Å². The van der Waals surface area contributed by atoms with Gasteiger partial charge in [-0.05, 0) is 25.0 Å². The Labute approximate surface area is 94.3 Å². The second-order valence-electron chi connectivity index (χ2n) is 3.76. The number of aliphatic imine (C=N–C) groups is 1. The highest BCUT2D eigenvalue weighted by Crippen LogP contribution is 2.22. The van der Waals surface area contributed by atoms with E-state index >= 15 is 0 Å². The molecule has 1 aliphatic rings. The van der Waals surface area contributed by atoms with Crippen LogP contribution in [0.15, 0.2) is 23.2 Å². The molecule has 0 aromatic heterocycles. The smallest absolute Gasteiger partial charge is 0.165 e. The molecule has 0 radical (unpaired) electrons. The van der Waals surface area contributed by atoms with Crippen molar-refractivity contribution in [3.8, 4) is 5.75 Å². The predicted molar refractivity (Wildman–Crippen MR) is 62.7 cm³/mol. The van der Waals surface area contributed by atoms with E-state index in [4.69, 9.17) is 4.74 Å². The molecule has 1 N–H and O–H groups in total. The highest BCUT2D eigenvalue weighted by molar-refractivity contribution is 5.95. The monoisotopic (exact) mass is 222 g/mol. The van der Waals surface area contributed by atoms with Gasteiger partial charge in [-0.15, -0.1) is 0 Å². The fraction of sp³-hybridized carbons (Fsp3) is 0.417. The highest BCUT2D eigenvalue weighted by atomic mass is 19.1. The largest absolute Gasteiger partial charge is 0.494 e. The zero-order valence-electron chi connectivity index (χ0n) is 9.29. The van der Waals surface area contributed by atoms with E-state index in [1.807, 2.05) is 0 Å². The summed E-state index contributed by atoms with van der Waals surface area (Å²) >= 11 is 0. The molecule has 0 saturated heterocycles.